The maximum absolute atomic E-state index is 12.0. The maximum atomic E-state index is 12.0. The van der Waals surface area contributed by atoms with Crippen LogP contribution < -0.4 is 5.32 Å². The predicted octanol–water partition coefficient (Wildman–Crippen LogP) is 3.39. The minimum atomic E-state index is -0.119. The lowest BCUT2D eigenvalue weighted by Gasteiger charge is -2.09. The lowest BCUT2D eigenvalue weighted by Crippen LogP contribution is -2.24. The molecule has 4 heteroatoms. The first-order valence-electron chi connectivity index (χ1n) is 6.43. The molecule has 0 spiro atoms. The number of nitrogens with zero attached hydrogens (tertiary/aromatic N) is 1. The molecule has 1 N–H and O–H groups in total. The molecule has 0 aliphatic heterocycles. The molecule has 0 saturated heterocycles. The number of halogens is 1. The fraction of sp³-hybridized carbons (Fsp3) is 0.467. The Labute approximate surface area is 119 Å². The van der Waals surface area contributed by atoms with Crippen LogP contribution in [0.4, 0.5) is 0 Å². The molecule has 1 aromatic heterocycles. The second-order valence-electron chi connectivity index (χ2n) is 4.68. The molecule has 3 nitrogen and oxygen atoms in total. The average molecular weight is 279 g/mol. The van der Waals surface area contributed by atoms with E-state index in [0.717, 1.165) is 25.0 Å². The van der Waals surface area contributed by atoms with Gasteiger partial charge in [-0.15, -0.1) is 12.3 Å². The van der Waals surface area contributed by atoms with Gasteiger partial charge >= 0.3 is 0 Å². The SMILES string of the molecule is C#CCCCCNC(=O)c1cc(Cl)nc(C(C)C)c1. The Morgan fingerprint density at radius 1 is 1.47 bits per heavy atom. The first-order valence-corrected chi connectivity index (χ1v) is 6.81. The number of hydrogen-bond donors (Lipinski definition) is 1. The van der Waals surface area contributed by atoms with Crippen LogP contribution >= 0.6 is 11.6 Å². The van der Waals surface area contributed by atoms with Crippen LogP contribution in [0.1, 0.15) is 55.1 Å². The molecule has 102 valence electrons. The average Bonchev–Trinajstić information content (AvgIpc) is 2.37. The number of carbonyl (C=O) groups excluding carboxylic acids is 1. The molecule has 1 amide bonds. The standard InChI is InChI=1S/C15H19ClN2O/c1-4-5-6-7-8-17-15(19)12-9-13(11(2)3)18-14(16)10-12/h1,9-11H,5-8H2,2-3H3,(H,17,19). The van der Waals surface area contributed by atoms with Gasteiger partial charge in [-0.1, -0.05) is 25.4 Å². The van der Waals surface area contributed by atoms with Crippen molar-refractivity contribution in [1.82, 2.24) is 10.3 Å². The number of hydrogen-bond acceptors (Lipinski definition) is 2. The van der Waals surface area contributed by atoms with Crippen molar-refractivity contribution in [3.63, 3.8) is 0 Å². The van der Waals surface area contributed by atoms with Crippen LogP contribution in [-0.2, 0) is 0 Å². The Hall–Kier alpha value is -1.53. The summed E-state index contributed by atoms with van der Waals surface area (Å²) in [5.74, 6) is 2.69. The number of carbonyl (C=O) groups is 1. The van der Waals surface area contributed by atoms with E-state index in [1.807, 2.05) is 13.8 Å². The van der Waals surface area contributed by atoms with Crippen LogP contribution in [0.25, 0.3) is 0 Å². The van der Waals surface area contributed by atoms with E-state index in [2.05, 4.69) is 16.2 Å². The Morgan fingerprint density at radius 2 is 2.21 bits per heavy atom. The molecule has 0 unspecified atom stereocenters. The summed E-state index contributed by atoms with van der Waals surface area (Å²) in [5.41, 5.74) is 1.38. The third kappa shape index (κ3) is 5.32. The third-order valence-electron chi connectivity index (χ3n) is 2.70. The first kappa shape index (κ1) is 15.5. The van der Waals surface area contributed by atoms with Gasteiger partial charge in [-0.2, -0.15) is 0 Å². The molecule has 1 rings (SSSR count). The molecular formula is C15H19ClN2O. The van der Waals surface area contributed by atoms with Crippen molar-refractivity contribution < 1.29 is 4.79 Å². The van der Waals surface area contributed by atoms with Crippen LogP contribution in [0, 0.1) is 12.3 Å². The Balaban J connectivity index is 2.59. The minimum absolute atomic E-state index is 0.119. The van der Waals surface area contributed by atoms with E-state index in [0.29, 0.717) is 17.3 Å². The van der Waals surface area contributed by atoms with Gasteiger partial charge in [-0.25, -0.2) is 4.98 Å². The molecular weight excluding hydrogens is 260 g/mol. The van der Waals surface area contributed by atoms with Crippen molar-refractivity contribution in [2.75, 3.05) is 6.54 Å². The zero-order valence-electron chi connectivity index (χ0n) is 11.4. The van der Waals surface area contributed by atoms with Gasteiger partial charge in [0.05, 0.1) is 0 Å². The zero-order chi connectivity index (χ0) is 14.3. The number of nitrogens with one attached hydrogen (secondary N) is 1. The van der Waals surface area contributed by atoms with Crippen LogP contribution in [0.15, 0.2) is 12.1 Å². The summed E-state index contributed by atoms with van der Waals surface area (Å²) in [4.78, 5) is 16.2. The molecule has 0 aliphatic carbocycles. The molecule has 0 bridgehead atoms. The molecule has 19 heavy (non-hydrogen) atoms. The van der Waals surface area contributed by atoms with Crippen LogP contribution in [0.5, 0.6) is 0 Å². The maximum Gasteiger partial charge on any atom is 0.251 e. The topological polar surface area (TPSA) is 42.0 Å². The molecule has 0 saturated carbocycles. The Kier molecular flexibility index (Phi) is 6.38. The van der Waals surface area contributed by atoms with Gasteiger partial charge in [0.15, 0.2) is 0 Å². The smallest absolute Gasteiger partial charge is 0.251 e. The first-order chi connectivity index (χ1) is 9.04. The highest BCUT2D eigenvalue weighted by molar-refractivity contribution is 6.29. The highest BCUT2D eigenvalue weighted by Gasteiger charge is 2.10. The van der Waals surface area contributed by atoms with Gasteiger partial charge in [0.1, 0.15) is 5.15 Å². The van der Waals surface area contributed by atoms with Gasteiger partial charge in [0, 0.05) is 24.2 Å². The molecule has 1 heterocycles. The van der Waals surface area contributed by atoms with E-state index in [9.17, 15) is 4.79 Å². The van der Waals surface area contributed by atoms with Crippen LogP contribution in [0.2, 0.25) is 5.15 Å². The molecule has 0 aliphatic rings. The van der Waals surface area contributed by atoms with E-state index in [1.54, 1.807) is 12.1 Å². The van der Waals surface area contributed by atoms with Crippen LogP contribution in [0.3, 0.4) is 0 Å². The summed E-state index contributed by atoms with van der Waals surface area (Å²) in [7, 11) is 0. The number of unbranched alkanes of at least 4 members (excludes halogenated alkanes) is 2. The molecule has 1 aromatic rings. The number of pyridine rings is 1. The van der Waals surface area contributed by atoms with Crippen molar-refractivity contribution in [2.24, 2.45) is 0 Å². The normalized spacial score (nSPS) is 10.3. The van der Waals surface area contributed by atoms with E-state index < -0.39 is 0 Å². The van der Waals surface area contributed by atoms with Crippen molar-refractivity contribution in [3.8, 4) is 12.3 Å². The number of amides is 1. The third-order valence-corrected chi connectivity index (χ3v) is 2.89. The summed E-state index contributed by atoms with van der Waals surface area (Å²) in [6.07, 6.45) is 7.71. The summed E-state index contributed by atoms with van der Waals surface area (Å²) < 4.78 is 0. The van der Waals surface area contributed by atoms with E-state index in [1.165, 1.54) is 0 Å². The molecule has 0 aromatic carbocycles. The van der Waals surface area contributed by atoms with E-state index >= 15 is 0 Å². The number of terminal acetylenes is 1. The summed E-state index contributed by atoms with van der Waals surface area (Å²) >= 11 is 5.93. The predicted molar refractivity (Wildman–Crippen MR) is 78.4 cm³/mol. The fourth-order valence-corrected chi connectivity index (χ4v) is 1.82. The summed E-state index contributed by atoms with van der Waals surface area (Å²) in [6, 6.07) is 3.37. The summed E-state index contributed by atoms with van der Waals surface area (Å²) in [6.45, 7) is 4.65. The lowest BCUT2D eigenvalue weighted by molar-refractivity contribution is 0.0953. The van der Waals surface area contributed by atoms with Gasteiger partial charge in [-0.3, -0.25) is 4.79 Å². The molecule has 0 radical (unpaired) electrons. The lowest BCUT2D eigenvalue weighted by atomic mass is 10.1. The minimum Gasteiger partial charge on any atom is -0.352 e. The second-order valence-corrected chi connectivity index (χ2v) is 5.06. The zero-order valence-corrected chi connectivity index (χ0v) is 12.1. The fourth-order valence-electron chi connectivity index (χ4n) is 1.60. The van der Waals surface area contributed by atoms with Crippen molar-refractivity contribution in [2.45, 2.75) is 39.0 Å². The number of aromatic nitrogens is 1. The van der Waals surface area contributed by atoms with E-state index in [-0.39, 0.29) is 11.8 Å². The Bertz CT molecular complexity index is 478. The van der Waals surface area contributed by atoms with Crippen molar-refractivity contribution >= 4 is 17.5 Å². The van der Waals surface area contributed by atoms with Gasteiger partial charge in [0.25, 0.3) is 5.91 Å². The highest BCUT2D eigenvalue weighted by Crippen LogP contribution is 2.17. The quantitative estimate of drug-likeness (QED) is 0.492. The van der Waals surface area contributed by atoms with E-state index in [4.69, 9.17) is 18.0 Å². The van der Waals surface area contributed by atoms with Crippen molar-refractivity contribution in [3.05, 3.63) is 28.5 Å². The molecule has 0 fully saturated rings. The van der Waals surface area contributed by atoms with Gasteiger partial charge in [-0.05, 0) is 30.9 Å². The van der Waals surface area contributed by atoms with Crippen molar-refractivity contribution in [1.29, 1.82) is 0 Å². The second kappa shape index (κ2) is 7.81. The summed E-state index contributed by atoms with van der Waals surface area (Å²) in [5, 5.41) is 3.21. The Morgan fingerprint density at radius 3 is 2.84 bits per heavy atom. The largest absolute Gasteiger partial charge is 0.352 e. The monoisotopic (exact) mass is 278 g/mol. The molecule has 0 atom stereocenters. The number of rotatable bonds is 6. The highest BCUT2D eigenvalue weighted by atomic mass is 35.5. The van der Waals surface area contributed by atoms with Gasteiger partial charge < -0.3 is 5.32 Å². The van der Waals surface area contributed by atoms with Crippen LogP contribution in [-0.4, -0.2) is 17.4 Å². The van der Waals surface area contributed by atoms with Gasteiger partial charge in [0.2, 0.25) is 0 Å².